The average Bonchev–Trinajstić information content (AvgIpc) is 2.30. The number of carbonyl (C=O) groups is 1. The van der Waals surface area contributed by atoms with E-state index in [1.807, 2.05) is 0 Å². The molecule has 12 heavy (non-hydrogen) atoms. The van der Waals surface area contributed by atoms with E-state index in [0.29, 0.717) is 22.7 Å². The van der Waals surface area contributed by atoms with Gasteiger partial charge in [0.15, 0.2) is 5.69 Å². The molecule has 0 saturated carbocycles. The van der Waals surface area contributed by atoms with Crippen LogP contribution in [0.15, 0.2) is 4.60 Å². The molecule has 1 heterocycles. The molecule has 0 radical (unpaired) electrons. The smallest absolute Gasteiger partial charge is 0.357 e. The van der Waals surface area contributed by atoms with Gasteiger partial charge in [-0.2, -0.15) is 0 Å². The van der Waals surface area contributed by atoms with Crippen molar-refractivity contribution in [3.8, 4) is 0 Å². The van der Waals surface area contributed by atoms with Gasteiger partial charge in [0.05, 0.1) is 6.61 Å². The number of H-pyrrole nitrogens is 1. The van der Waals surface area contributed by atoms with Crippen molar-refractivity contribution in [1.29, 1.82) is 0 Å². The van der Waals surface area contributed by atoms with Crippen molar-refractivity contribution in [2.75, 3.05) is 6.61 Å². The van der Waals surface area contributed by atoms with Crippen molar-refractivity contribution in [2.45, 2.75) is 13.8 Å². The first-order valence-electron chi connectivity index (χ1n) is 3.54. The number of imidazole rings is 1. The molecule has 0 spiro atoms. The van der Waals surface area contributed by atoms with Gasteiger partial charge in [-0.3, -0.25) is 0 Å². The summed E-state index contributed by atoms with van der Waals surface area (Å²) in [6.07, 6.45) is 0. The fourth-order valence-corrected chi connectivity index (χ4v) is 1.33. The molecular formula is C7H9BrN2O2. The van der Waals surface area contributed by atoms with Crippen LogP contribution >= 0.6 is 15.9 Å². The molecule has 4 nitrogen and oxygen atoms in total. The van der Waals surface area contributed by atoms with Crippen molar-refractivity contribution in [3.05, 3.63) is 16.1 Å². The monoisotopic (exact) mass is 232 g/mol. The van der Waals surface area contributed by atoms with Crippen LogP contribution in [0.3, 0.4) is 0 Å². The highest BCUT2D eigenvalue weighted by Gasteiger charge is 2.14. The molecule has 0 saturated heterocycles. The van der Waals surface area contributed by atoms with Crippen LogP contribution in [0.2, 0.25) is 0 Å². The van der Waals surface area contributed by atoms with Gasteiger partial charge in [0.1, 0.15) is 10.4 Å². The molecule has 0 unspecified atom stereocenters. The third-order valence-corrected chi connectivity index (χ3v) is 1.83. The minimum atomic E-state index is -0.384. The number of ether oxygens (including phenoxy) is 1. The zero-order valence-electron chi connectivity index (χ0n) is 6.85. The molecule has 1 rings (SSSR count). The normalized spacial score (nSPS) is 9.92. The Labute approximate surface area is 78.5 Å². The minimum Gasteiger partial charge on any atom is -0.461 e. The number of aromatic nitrogens is 2. The number of nitrogens with one attached hydrogen (secondary N) is 1. The molecule has 1 aromatic rings. The Balaban J connectivity index is 2.87. The van der Waals surface area contributed by atoms with Crippen molar-refractivity contribution < 1.29 is 9.53 Å². The second-order valence-corrected chi connectivity index (χ2v) is 2.96. The Bertz CT molecular complexity index is 296. The number of aromatic amines is 1. The van der Waals surface area contributed by atoms with E-state index in [1.165, 1.54) is 0 Å². The van der Waals surface area contributed by atoms with Crippen LogP contribution in [0, 0.1) is 6.92 Å². The van der Waals surface area contributed by atoms with Gasteiger partial charge in [-0.25, -0.2) is 9.78 Å². The first-order valence-corrected chi connectivity index (χ1v) is 4.33. The molecule has 0 atom stereocenters. The molecule has 1 N–H and O–H groups in total. The predicted molar refractivity (Wildman–Crippen MR) is 47.0 cm³/mol. The fourth-order valence-electron chi connectivity index (χ4n) is 0.802. The molecule has 0 bridgehead atoms. The minimum absolute atomic E-state index is 0.364. The fraction of sp³-hybridized carbons (Fsp3) is 0.429. The van der Waals surface area contributed by atoms with E-state index in [9.17, 15) is 4.79 Å². The topological polar surface area (TPSA) is 55.0 Å². The second-order valence-electron chi connectivity index (χ2n) is 2.21. The lowest BCUT2D eigenvalue weighted by Crippen LogP contribution is -2.05. The summed E-state index contributed by atoms with van der Waals surface area (Å²) in [7, 11) is 0. The number of rotatable bonds is 2. The summed E-state index contributed by atoms with van der Waals surface area (Å²) in [4.78, 5) is 17.9. The first kappa shape index (κ1) is 9.25. The Morgan fingerprint density at radius 2 is 2.42 bits per heavy atom. The number of nitrogens with zero attached hydrogens (tertiary/aromatic N) is 1. The van der Waals surface area contributed by atoms with Gasteiger partial charge in [-0.05, 0) is 29.8 Å². The third kappa shape index (κ3) is 1.85. The van der Waals surface area contributed by atoms with Crippen LogP contribution in [0.25, 0.3) is 0 Å². The highest BCUT2D eigenvalue weighted by atomic mass is 79.9. The van der Waals surface area contributed by atoms with Crippen LogP contribution in [0.5, 0.6) is 0 Å². The van der Waals surface area contributed by atoms with Crippen LogP contribution in [-0.4, -0.2) is 22.5 Å². The zero-order valence-corrected chi connectivity index (χ0v) is 8.43. The zero-order chi connectivity index (χ0) is 9.14. The standard InChI is InChI=1S/C7H9BrN2O2/c1-3-12-7(11)5-6(8)10-4(2)9-5/h3H2,1-2H3,(H,9,10). The van der Waals surface area contributed by atoms with E-state index >= 15 is 0 Å². The summed E-state index contributed by atoms with van der Waals surface area (Å²) in [6.45, 7) is 3.89. The quantitative estimate of drug-likeness (QED) is 0.790. The highest BCUT2D eigenvalue weighted by molar-refractivity contribution is 9.10. The predicted octanol–water partition coefficient (Wildman–Crippen LogP) is 1.66. The van der Waals surface area contributed by atoms with E-state index in [2.05, 4.69) is 25.9 Å². The Morgan fingerprint density at radius 1 is 1.75 bits per heavy atom. The number of esters is 1. The molecular weight excluding hydrogens is 224 g/mol. The van der Waals surface area contributed by atoms with E-state index < -0.39 is 0 Å². The number of hydrogen-bond acceptors (Lipinski definition) is 3. The molecule has 0 amide bonds. The van der Waals surface area contributed by atoms with Crippen LogP contribution in [0.1, 0.15) is 23.2 Å². The number of halogens is 1. The van der Waals surface area contributed by atoms with Gasteiger partial charge in [0, 0.05) is 0 Å². The number of hydrogen-bond donors (Lipinski definition) is 1. The van der Waals surface area contributed by atoms with Gasteiger partial charge in [0.25, 0.3) is 0 Å². The Hall–Kier alpha value is -0.840. The number of carbonyl (C=O) groups excluding carboxylic acids is 1. The maximum absolute atomic E-state index is 11.2. The summed E-state index contributed by atoms with van der Waals surface area (Å²) in [5.41, 5.74) is 0.370. The molecule has 1 aromatic heterocycles. The Morgan fingerprint density at radius 3 is 2.83 bits per heavy atom. The van der Waals surface area contributed by atoms with Crippen molar-refractivity contribution in [3.63, 3.8) is 0 Å². The van der Waals surface area contributed by atoms with Crippen molar-refractivity contribution in [1.82, 2.24) is 9.97 Å². The largest absolute Gasteiger partial charge is 0.461 e. The first-order chi connectivity index (χ1) is 5.65. The van der Waals surface area contributed by atoms with E-state index in [4.69, 9.17) is 4.74 Å². The molecule has 5 heteroatoms. The summed E-state index contributed by atoms with van der Waals surface area (Å²) < 4.78 is 5.28. The van der Waals surface area contributed by atoms with Crippen LogP contribution in [0.4, 0.5) is 0 Å². The van der Waals surface area contributed by atoms with E-state index in [1.54, 1.807) is 13.8 Å². The summed E-state index contributed by atoms with van der Waals surface area (Å²) >= 11 is 3.14. The van der Waals surface area contributed by atoms with E-state index in [-0.39, 0.29) is 5.97 Å². The summed E-state index contributed by atoms with van der Waals surface area (Å²) in [6, 6.07) is 0. The highest BCUT2D eigenvalue weighted by Crippen LogP contribution is 2.13. The lowest BCUT2D eigenvalue weighted by Gasteiger charge is -1.97. The molecule has 66 valence electrons. The molecule has 0 aliphatic carbocycles. The van der Waals surface area contributed by atoms with E-state index in [0.717, 1.165) is 0 Å². The second kappa shape index (κ2) is 3.71. The molecule has 0 fully saturated rings. The lowest BCUT2D eigenvalue weighted by atomic mass is 10.5. The van der Waals surface area contributed by atoms with Crippen molar-refractivity contribution in [2.24, 2.45) is 0 Å². The summed E-state index contributed by atoms with van der Waals surface area (Å²) in [5.74, 6) is 0.301. The maximum Gasteiger partial charge on any atom is 0.357 e. The van der Waals surface area contributed by atoms with Crippen molar-refractivity contribution >= 4 is 21.9 Å². The SMILES string of the molecule is CCOC(=O)c1[nH]c(C)nc1Br. The van der Waals surface area contributed by atoms with Gasteiger partial charge >= 0.3 is 5.97 Å². The van der Waals surface area contributed by atoms with Crippen LogP contribution < -0.4 is 0 Å². The molecule has 0 aliphatic rings. The molecule has 0 aliphatic heterocycles. The van der Waals surface area contributed by atoms with Gasteiger partial charge in [0.2, 0.25) is 0 Å². The van der Waals surface area contributed by atoms with Gasteiger partial charge in [-0.1, -0.05) is 0 Å². The lowest BCUT2D eigenvalue weighted by molar-refractivity contribution is 0.0519. The van der Waals surface area contributed by atoms with Gasteiger partial charge < -0.3 is 9.72 Å². The molecule has 0 aromatic carbocycles. The number of aryl methyl sites for hydroxylation is 1. The van der Waals surface area contributed by atoms with Crippen LogP contribution in [-0.2, 0) is 4.74 Å². The third-order valence-electron chi connectivity index (χ3n) is 1.26. The Kier molecular flexibility index (Phi) is 2.86. The summed E-state index contributed by atoms with van der Waals surface area (Å²) in [5, 5.41) is 0. The van der Waals surface area contributed by atoms with Gasteiger partial charge in [-0.15, -0.1) is 0 Å². The average molecular weight is 233 g/mol. The maximum atomic E-state index is 11.2.